The largest absolute Gasteiger partial charge is 0.370 e. The molecular formula is C33H42N4O4. The lowest BCUT2D eigenvalue weighted by atomic mass is 9.95. The van der Waals surface area contributed by atoms with Gasteiger partial charge in [-0.2, -0.15) is 0 Å². The van der Waals surface area contributed by atoms with Gasteiger partial charge in [-0.25, -0.2) is 0 Å². The van der Waals surface area contributed by atoms with Crippen molar-refractivity contribution in [2.45, 2.75) is 38.3 Å². The van der Waals surface area contributed by atoms with Crippen molar-refractivity contribution in [1.82, 2.24) is 15.5 Å². The zero-order chi connectivity index (χ0) is 29.6. The number of nitrogens with one attached hydrogen (secondary N) is 2. The van der Waals surface area contributed by atoms with E-state index in [0.29, 0.717) is 19.4 Å². The number of likely N-dealkylation sites (N-methyl/N-ethyl adjacent to an activating group) is 2. The molecule has 218 valence electrons. The Morgan fingerprint density at radius 1 is 0.829 bits per heavy atom. The van der Waals surface area contributed by atoms with Gasteiger partial charge in [-0.3, -0.25) is 14.4 Å². The van der Waals surface area contributed by atoms with Crippen LogP contribution in [0.15, 0.2) is 84.9 Å². The Labute approximate surface area is 243 Å². The van der Waals surface area contributed by atoms with Gasteiger partial charge in [-0.1, -0.05) is 91.9 Å². The van der Waals surface area contributed by atoms with E-state index in [4.69, 9.17) is 10.5 Å². The monoisotopic (exact) mass is 558 g/mol. The zero-order valence-corrected chi connectivity index (χ0v) is 24.2. The van der Waals surface area contributed by atoms with E-state index in [9.17, 15) is 14.4 Å². The van der Waals surface area contributed by atoms with E-state index in [0.717, 1.165) is 28.7 Å². The van der Waals surface area contributed by atoms with Gasteiger partial charge in [0.05, 0.1) is 12.5 Å². The summed E-state index contributed by atoms with van der Waals surface area (Å²) in [6, 6.07) is 26.8. The molecule has 3 rings (SSSR count). The van der Waals surface area contributed by atoms with E-state index in [2.05, 4.69) is 10.6 Å². The van der Waals surface area contributed by atoms with Gasteiger partial charge < -0.3 is 26.0 Å². The first kappa shape index (κ1) is 31.5. The van der Waals surface area contributed by atoms with Crippen LogP contribution < -0.4 is 16.4 Å². The zero-order valence-electron chi connectivity index (χ0n) is 24.2. The highest BCUT2D eigenvalue weighted by atomic mass is 16.5. The molecule has 0 aliphatic carbocycles. The average Bonchev–Trinajstić information content (AvgIpc) is 3.01. The molecule has 0 spiro atoms. The van der Waals surface area contributed by atoms with Crippen molar-refractivity contribution in [2.24, 2.45) is 11.7 Å². The standard InChI is InChI=1S/C33H42N4O4/c1-4-29(34)22-41-23-31(38)37(3)21-28(19-25-15-17-27(18-16-25)26-13-9-6-10-14-26)32(39)36-30(33(40)35-2)20-24-11-7-5-8-12-24/h5-18,28-30H,4,19-23,34H2,1-3H3,(H,35,40)(H,36,39)/t28-,29?,30-/m1/s1. The fourth-order valence-corrected chi connectivity index (χ4v) is 4.47. The Morgan fingerprint density at radius 3 is 2.02 bits per heavy atom. The van der Waals surface area contributed by atoms with Crippen molar-refractivity contribution in [3.05, 3.63) is 96.1 Å². The molecule has 4 N–H and O–H groups in total. The number of ether oxygens (including phenoxy) is 1. The van der Waals surface area contributed by atoms with Crippen molar-refractivity contribution in [3.8, 4) is 11.1 Å². The van der Waals surface area contributed by atoms with Crippen molar-refractivity contribution in [2.75, 3.05) is 33.9 Å². The average molecular weight is 559 g/mol. The van der Waals surface area contributed by atoms with Gasteiger partial charge in [0.15, 0.2) is 0 Å². The molecule has 0 aliphatic heterocycles. The summed E-state index contributed by atoms with van der Waals surface area (Å²) in [5, 5.41) is 5.60. The lowest BCUT2D eigenvalue weighted by molar-refractivity contribution is -0.137. The van der Waals surface area contributed by atoms with Crippen LogP contribution in [-0.2, 0) is 32.0 Å². The minimum atomic E-state index is -0.752. The molecule has 3 aromatic carbocycles. The molecule has 8 heteroatoms. The van der Waals surface area contributed by atoms with Crippen molar-refractivity contribution in [3.63, 3.8) is 0 Å². The first-order chi connectivity index (χ1) is 19.8. The molecule has 1 unspecified atom stereocenters. The normalized spacial score (nSPS) is 13.1. The third-order valence-electron chi connectivity index (χ3n) is 7.08. The number of amides is 3. The quantitative estimate of drug-likeness (QED) is 0.265. The van der Waals surface area contributed by atoms with E-state index in [1.807, 2.05) is 91.9 Å². The summed E-state index contributed by atoms with van der Waals surface area (Å²) in [7, 11) is 3.21. The summed E-state index contributed by atoms with van der Waals surface area (Å²) in [5.41, 5.74) is 9.96. The Kier molecular flexibility index (Phi) is 12.5. The number of hydrogen-bond donors (Lipinski definition) is 3. The van der Waals surface area contributed by atoms with Gasteiger partial charge in [0, 0.05) is 33.1 Å². The molecule has 0 aliphatic rings. The molecule has 0 heterocycles. The molecule has 0 bridgehead atoms. The summed E-state index contributed by atoms with van der Waals surface area (Å²) < 4.78 is 5.49. The van der Waals surface area contributed by atoms with Gasteiger partial charge in [0.25, 0.3) is 0 Å². The second kappa shape index (κ2) is 16.3. The van der Waals surface area contributed by atoms with Crippen molar-refractivity contribution >= 4 is 17.7 Å². The highest BCUT2D eigenvalue weighted by Crippen LogP contribution is 2.21. The maximum absolute atomic E-state index is 13.7. The molecule has 8 nitrogen and oxygen atoms in total. The van der Waals surface area contributed by atoms with Gasteiger partial charge in [-0.05, 0) is 35.1 Å². The van der Waals surface area contributed by atoms with Crippen LogP contribution in [0.25, 0.3) is 11.1 Å². The molecule has 3 amide bonds. The number of carbonyl (C=O) groups excluding carboxylic acids is 3. The lowest BCUT2D eigenvalue weighted by Crippen LogP contribution is -2.51. The fourth-order valence-electron chi connectivity index (χ4n) is 4.47. The molecule has 3 aromatic rings. The number of carbonyl (C=O) groups is 3. The number of benzene rings is 3. The van der Waals surface area contributed by atoms with Gasteiger partial charge >= 0.3 is 0 Å². The van der Waals surface area contributed by atoms with E-state index in [1.165, 1.54) is 4.90 Å². The predicted molar refractivity (Wildman–Crippen MR) is 162 cm³/mol. The van der Waals surface area contributed by atoms with Crippen LogP contribution in [0.5, 0.6) is 0 Å². The Bertz CT molecular complexity index is 1240. The molecule has 41 heavy (non-hydrogen) atoms. The van der Waals surface area contributed by atoms with Crippen LogP contribution in [0.1, 0.15) is 24.5 Å². The molecule has 0 saturated heterocycles. The summed E-state index contributed by atoms with van der Waals surface area (Å²) in [6.07, 6.45) is 1.50. The summed E-state index contributed by atoms with van der Waals surface area (Å²) >= 11 is 0. The molecule has 0 aromatic heterocycles. The third-order valence-corrected chi connectivity index (χ3v) is 7.08. The second-order valence-electron chi connectivity index (χ2n) is 10.3. The second-order valence-corrected chi connectivity index (χ2v) is 10.3. The van der Waals surface area contributed by atoms with Crippen LogP contribution in [0.4, 0.5) is 0 Å². The highest BCUT2D eigenvalue weighted by Gasteiger charge is 2.28. The smallest absolute Gasteiger partial charge is 0.248 e. The molecule has 0 radical (unpaired) electrons. The molecular weight excluding hydrogens is 516 g/mol. The minimum Gasteiger partial charge on any atom is -0.370 e. The Balaban J connectivity index is 1.76. The van der Waals surface area contributed by atoms with Crippen LogP contribution in [0, 0.1) is 5.92 Å². The summed E-state index contributed by atoms with van der Waals surface area (Å²) in [6.45, 7) is 2.31. The van der Waals surface area contributed by atoms with E-state index in [-0.39, 0.29) is 36.9 Å². The number of rotatable bonds is 15. The summed E-state index contributed by atoms with van der Waals surface area (Å²) in [5.74, 6) is -1.40. The summed E-state index contributed by atoms with van der Waals surface area (Å²) in [4.78, 5) is 40.7. The van der Waals surface area contributed by atoms with Crippen LogP contribution in [0.2, 0.25) is 0 Å². The maximum atomic E-state index is 13.7. The Morgan fingerprint density at radius 2 is 1.41 bits per heavy atom. The van der Waals surface area contributed by atoms with Crippen molar-refractivity contribution < 1.29 is 19.1 Å². The number of hydrogen-bond acceptors (Lipinski definition) is 5. The predicted octanol–water partition coefficient (Wildman–Crippen LogP) is 3.20. The van der Waals surface area contributed by atoms with Crippen molar-refractivity contribution in [1.29, 1.82) is 0 Å². The van der Waals surface area contributed by atoms with Crippen LogP contribution >= 0.6 is 0 Å². The third kappa shape index (κ3) is 10.2. The first-order valence-electron chi connectivity index (χ1n) is 14.1. The van der Waals surface area contributed by atoms with E-state index in [1.54, 1.807) is 14.1 Å². The first-order valence-corrected chi connectivity index (χ1v) is 14.1. The van der Waals surface area contributed by atoms with Crippen LogP contribution in [0.3, 0.4) is 0 Å². The lowest BCUT2D eigenvalue weighted by Gasteiger charge is -2.26. The van der Waals surface area contributed by atoms with E-state index >= 15 is 0 Å². The highest BCUT2D eigenvalue weighted by molar-refractivity contribution is 5.89. The van der Waals surface area contributed by atoms with E-state index < -0.39 is 12.0 Å². The molecule has 3 atom stereocenters. The van der Waals surface area contributed by atoms with Crippen LogP contribution in [-0.4, -0.2) is 68.6 Å². The number of nitrogens with two attached hydrogens (primary N) is 1. The fraction of sp³-hybridized carbons (Fsp3) is 0.364. The topological polar surface area (TPSA) is 114 Å². The number of nitrogens with zero attached hydrogens (tertiary/aromatic N) is 1. The van der Waals surface area contributed by atoms with Gasteiger partial charge in [0.1, 0.15) is 12.6 Å². The van der Waals surface area contributed by atoms with Gasteiger partial charge in [-0.15, -0.1) is 0 Å². The SMILES string of the molecule is CCC(N)COCC(=O)N(C)C[C@@H](Cc1ccc(-c2ccccc2)cc1)C(=O)N[C@H](Cc1ccccc1)C(=O)NC. The maximum Gasteiger partial charge on any atom is 0.248 e. The minimum absolute atomic E-state index is 0.112. The molecule has 0 saturated carbocycles. The molecule has 0 fully saturated rings. The Hall–Kier alpha value is -4.01. The van der Waals surface area contributed by atoms with Gasteiger partial charge in [0.2, 0.25) is 17.7 Å².